The van der Waals surface area contributed by atoms with E-state index in [1.165, 1.54) is 0 Å². The quantitative estimate of drug-likeness (QED) is 0.266. The fourth-order valence-electron chi connectivity index (χ4n) is 2.41. The first-order valence-corrected chi connectivity index (χ1v) is 10.7. The van der Waals surface area contributed by atoms with Crippen LogP contribution in [0.4, 0.5) is 0 Å². The predicted octanol–water partition coefficient (Wildman–Crippen LogP) is 7.36. The summed E-state index contributed by atoms with van der Waals surface area (Å²) in [5.74, 6) is -0.102. The van der Waals surface area contributed by atoms with Crippen molar-refractivity contribution in [2.45, 2.75) is 7.59 Å². The van der Waals surface area contributed by atoms with Gasteiger partial charge in [0.15, 0.2) is 17.5 Å². The Morgan fingerprint density at radius 2 is 1.27 bits per heavy atom. The van der Waals surface area contributed by atoms with E-state index in [9.17, 15) is 0 Å². The minimum Gasteiger partial charge on any atom is -0.256 e. The van der Waals surface area contributed by atoms with Crippen molar-refractivity contribution in [2.75, 3.05) is 0 Å². The van der Waals surface area contributed by atoms with Gasteiger partial charge in [0, 0.05) is 11.6 Å². The molecule has 3 aromatic rings. The third-order valence-electron chi connectivity index (χ3n) is 3.70. The Labute approximate surface area is 203 Å². The lowest BCUT2D eigenvalue weighted by Crippen LogP contribution is -2.16. The molecule has 0 saturated heterocycles. The van der Waals surface area contributed by atoms with Crippen LogP contribution in [0.2, 0.25) is 0 Å². The first-order valence-electron chi connectivity index (χ1n) is 8.40. The lowest BCUT2D eigenvalue weighted by atomic mass is 10.1. The van der Waals surface area contributed by atoms with Gasteiger partial charge in [0.05, 0.1) is 5.52 Å². The molecule has 3 rings (SSSR count). The molecular weight excluding hydrogens is 509 g/mol. The second-order valence-electron chi connectivity index (χ2n) is 5.86. The molecular formula is C20H12Cl6N4. The predicted molar refractivity (Wildman–Crippen MR) is 127 cm³/mol. The number of hydrogen-bond donors (Lipinski definition) is 0. The minimum atomic E-state index is -1.89. The molecule has 0 amide bonds. The van der Waals surface area contributed by atoms with Crippen LogP contribution in [0.5, 0.6) is 0 Å². The monoisotopic (exact) mass is 518 g/mol. The molecule has 0 spiro atoms. The molecule has 10 heteroatoms. The van der Waals surface area contributed by atoms with Gasteiger partial charge in [-0.15, -0.1) is 0 Å². The standard InChI is InChI=1S/C20H12Cl6N4/c21-19(22,23)17-28-16(29-18(30-17)20(24,25)26)10-4-2-1-3-7-13-11-12-27-15-9-6-5-8-14(13)15/h1-12H/b2-1+,7-3+,10-4+. The highest BCUT2D eigenvalue weighted by Gasteiger charge is 2.33. The maximum Gasteiger partial charge on any atom is 0.250 e. The van der Waals surface area contributed by atoms with Crippen molar-refractivity contribution >= 4 is 92.7 Å². The molecule has 30 heavy (non-hydrogen) atoms. The Balaban J connectivity index is 1.77. The van der Waals surface area contributed by atoms with E-state index in [0.717, 1.165) is 16.5 Å². The smallest absolute Gasteiger partial charge is 0.250 e. The van der Waals surface area contributed by atoms with Gasteiger partial charge in [-0.25, -0.2) is 15.0 Å². The minimum absolute atomic E-state index is 0.142. The molecule has 0 unspecified atom stereocenters. The van der Waals surface area contributed by atoms with Gasteiger partial charge >= 0.3 is 0 Å². The fraction of sp³-hybridized carbons (Fsp3) is 0.100. The summed E-state index contributed by atoms with van der Waals surface area (Å²) in [5, 5.41) is 1.07. The second kappa shape index (κ2) is 9.82. The Bertz CT molecular complexity index is 1090. The zero-order valence-corrected chi connectivity index (χ0v) is 19.5. The van der Waals surface area contributed by atoms with Crippen LogP contribution in [-0.4, -0.2) is 19.9 Å². The molecule has 0 aliphatic heterocycles. The first kappa shape index (κ1) is 23.3. The molecule has 2 heterocycles. The van der Waals surface area contributed by atoms with Crippen LogP contribution in [0.15, 0.2) is 60.8 Å². The molecule has 0 bridgehead atoms. The summed E-state index contributed by atoms with van der Waals surface area (Å²) in [6.07, 6.45) is 12.6. The maximum atomic E-state index is 5.85. The van der Waals surface area contributed by atoms with Crippen molar-refractivity contribution in [3.8, 4) is 0 Å². The summed E-state index contributed by atoms with van der Waals surface area (Å²) in [6.45, 7) is 0. The van der Waals surface area contributed by atoms with Crippen molar-refractivity contribution in [3.63, 3.8) is 0 Å². The summed E-state index contributed by atoms with van der Waals surface area (Å²) in [6, 6.07) is 9.88. The third kappa shape index (κ3) is 6.30. The fourth-order valence-corrected chi connectivity index (χ4v) is 2.92. The van der Waals surface area contributed by atoms with Gasteiger partial charge in [-0.3, -0.25) is 4.98 Å². The molecule has 0 atom stereocenters. The summed E-state index contributed by atoms with van der Waals surface area (Å²) >= 11 is 35.1. The SMILES string of the molecule is ClC(Cl)(Cl)c1nc(/C=C/C=C/C=C/c2ccnc3ccccc23)nc(C(Cl)(Cl)Cl)n1. The summed E-state index contributed by atoms with van der Waals surface area (Å²) in [5.41, 5.74) is 2.00. The van der Waals surface area contributed by atoms with E-state index in [2.05, 4.69) is 19.9 Å². The van der Waals surface area contributed by atoms with E-state index < -0.39 is 7.59 Å². The number of nitrogens with zero attached hydrogens (tertiary/aromatic N) is 4. The summed E-state index contributed by atoms with van der Waals surface area (Å²) in [4.78, 5) is 16.4. The van der Waals surface area contributed by atoms with Crippen LogP contribution >= 0.6 is 69.6 Å². The molecule has 0 fully saturated rings. The van der Waals surface area contributed by atoms with E-state index >= 15 is 0 Å². The van der Waals surface area contributed by atoms with Crippen LogP contribution in [-0.2, 0) is 7.59 Å². The van der Waals surface area contributed by atoms with Gasteiger partial charge in [0.25, 0.3) is 0 Å². The average molecular weight is 521 g/mol. The zero-order chi connectivity index (χ0) is 21.8. The number of aromatic nitrogens is 4. The van der Waals surface area contributed by atoms with E-state index in [1.807, 2.05) is 48.6 Å². The number of pyridine rings is 1. The van der Waals surface area contributed by atoms with Crippen LogP contribution in [0.1, 0.15) is 23.0 Å². The third-order valence-corrected chi connectivity index (χ3v) is 4.71. The molecule has 0 aliphatic carbocycles. The molecule has 1 aromatic carbocycles. The lowest BCUT2D eigenvalue weighted by Gasteiger charge is -2.14. The van der Waals surface area contributed by atoms with E-state index in [1.54, 1.807) is 24.4 Å². The van der Waals surface area contributed by atoms with Gasteiger partial charge in [-0.1, -0.05) is 118 Å². The highest BCUT2D eigenvalue weighted by molar-refractivity contribution is 6.67. The van der Waals surface area contributed by atoms with Crippen molar-refractivity contribution in [2.24, 2.45) is 0 Å². The normalized spacial score (nSPS) is 13.3. The number of para-hydroxylation sites is 1. The van der Waals surface area contributed by atoms with Crippen LogP contribution in [0.3, 0.4) is 0 Å². The van der Waals surface area contributed by atoms with Gasteiger partial charge in [-0.05, 0) is 23.8 Å². The van der Waals surface area contributed by atoms with Gasteiger partial charge in [-0.2, -0.15) is 0 Å². The Kier molecular flexibility index (Phi) is 7.61. The molecule has 0 radical (unpaired) electrons. The van der Waals surface area contributed by atoms with E-state index in [-0.39, 0.29) is 17.5 Å². The molecule has 0 N–H and O–H groups in total. The largest absolute Gasteiger partial charge is 0.256 e. The first-order chi connectivity index (χ1) is 14.1. The number of allylic oxidation sites excluding steroid dienone is 4. The number of hydrogen-bond acceptors (Lipinski definition) is 4. The van der Waals surface area contributed by atoms with Crippen LogP contribution in [0, 0.1) is 0 Å². The Hall–Kier alpha value is -1.40. The van der Waals surface area contributed by atoms with E-state index in [4.69, 9.17) is 69.6 Å². The highest BCUT2D eigenvalue weighted by atomic mass is 35.6. The lowest BCUT2D eigenvalue weighted by molar-refractivity contribution is 0.835. The number of rotatable bonds is 4. The molecule has 0 aliphatic rings. The summed E-state index contributed by atoms with van der Waals surface area (Å²) in [7, 11) is 0. The molecule has 2 aromatic heterocycles. The Morgan fingerprint density at radius 3 is 1.90 bits per heavy atom. The average Bonchev–Trinajstić information content (AvgIpc) is 2.69. The van der Waals surface area contributed by atoms with Crippen molar-refractivity contribution < 1.29 is 0 Å². The number of halogens is 6. The maximum absolute atomic E-state index is 5.85. The zero-order valence-electron chi connectivity index (χ0n) is 15.0. The molecule has 154 valence electrons. The van der Waals surface area contributed by atoms with Crippen molar-refractivity contribution in [3.05, 3.63) is 83.9 Å². The van der Waals surface area contributed by atoms with Crippen LogP contribution < -0.4 is 0 Å². The van der Waals surface area contributed by atoms with Gasteiger partial charge < -0.3 is 0 Å². The van der Waals surface area contributed by atoms with Gasteiger partial charge in [0.2, 0.25) is 7.59 Å². The topological polar surface area (TPSA) is 51.6 Å². The van der Waals surface area contributed by atoms with Gasteiger partial charge in [0.1, 0.15) is 0 Å². The molecule has 4 nitrogen and oxygen atoms in total. The number of alkyl halides is 6. The van der Waals surface area contributed by atoms with Crippen LogP contribution in [0.25, 0.3) is 23.1 Å². The number of benzene rings is 1. The molecule has 0 saturated carbocycles. The summed E-state index contributed by atoms with van der Waals surface area (Å²) < 4.78 is -3.77. The van der Waals surface area contributed by atoms with E-state index in [0.29, 0.717) is 0 Å². The van der Waals surface area contributed by atoms with Crippen molar-refractivity contribution in [1.82, 2.24) is 19.9 Å². The van der Waals surface area contributed by atoms with Crippen molar-refractivity contribution in [1.29, 1.82) is 0 Å². The highest BCUT2D eigenvalue weighted by Crippen LogP contribution is 2.39. The number of fused-ring (bicyclic) bond motifs is 1. The Morgan fingerprint density at radius 1 is 0.667 bits per heavy atom. The second-order valence-corrected chi connectivity index (χ2v) is 10.4.